The van der Waals surface area contributed by atoms with Gasteiger partial charge in [0.25, 0.3) is 0 Å². The highest BCUT2D eigenvalue weighted by Gasteiger charge is 2.70. The summed E-state index contributed by atoms with van der Waals surface area (Å²) in [5, 5.41) is 130. The Balaban J connectivity index is 0.976. The minimum Gasteiger partial charge on any atom is -0.432 e. The molecule has 8 aliphatic rings. The summed E-state index contributed by atoms with van der Waals surface area (Å²) >= 11 is 0. The number of allylic oxidation sites excluding steroid dienone is 2. The van der Waals surface area contributed by atoms with Gasteiger partial charge in [0.1, 0.15) is 67.1 Å². The first-order valence-corrected chi connectivity index (χ1v) is 24.1. The first-order chi connectivity index (χ1) is 30.8. The van der Waals surface area contributed by atoms with Crippen LogP contribution in [0.4, 0.5) is 0 Å². The molecule has 0 spiro atoms. The van der Waals surface area contributed by atoms with E-state index < -0.39 is 140 Å². The molecule has 0 aromatic heterocycles. The van der Waals surface area contributed by atoms with E-state index in [1.54, 1.807) is 6.92 Å². The van der Waals surface area contributed by atoms with Crippen molar-refractivity contribution in [3.05, 3.63) is 11.6 Å². The van der Waals surface area contributed by atoms with Crippen LogP contribution < -0.4 is 0 Å². The molecule has 0 radical (unpaired) electrons. The van der Waals surface area contributed by atoms with Crippen LogP contribution in [0.15, 0.2) is 11.6 Å². The largest absolute Gasteiger partial charge is 0.432 e. The molecule has 3 heterocycles. The van der Waals surface area contributed by atoms with Crippen molar-refractivity contribution in [2.24, 2.45) is 44.8 Å². The summed E-state index contributed by atoms with van der Waals surface area (Å²) in [4.78, 5) is 14.9. The minimum atomic E-state index is -1.88. The van der Waals surface area contributed by atoms with Gasteiger partial charge in [-0.3, -0.25) is 4.79 Å². The Labute approximate surface area is 385 Å². The fraction of sp³-hybridized carbons (Fsp3) is 0.936. The normalized spacial score (nSPS) is 56.2. The minimum absolute atomic E-state index is 0.0877. The highest BCUT2D eigenvalue weighted by atomic mass is 16.8. The quantitative estimate of drug-likeness (QED) is 0.0961. The topological polar surface area (TPSA) is 315 Å². The third-order valence-electron chi connectivity index (χ3n) is 19.1. The number of ether oxygens (including phenoxy) is 6. The van der Waals surface area contributed by atoms with E-state index in [4.69, 9.17) is 28.4 Å². The molecule has 0 aromatic rings. The molecule has 7 fully saturated rings. The SMILES string of the molecule is CC1OC(OC2C(CO)OC(OCC3OC(OC(=O)C45CCC(C)(O)CC4C4=CCC6C7(C)CCC(O)C(C)(CO)C7CCC6(C)C4(C)CC5)C(O)C(O)C3O)C(O)C2O)C(O)C(O)C1O. The molecule has 25 atom stereocenters. The summed E-state index contributed by atoms with van der Waals surface area (Å²) in [5.74, 6) is -0.737. The molecule has 66 heavy (non-hydrogen) atoms. The van der Waals surface area contributed by atoms with Crippen molar-refractivity contribution in [2.75, 3.05) is 19.8 Å². The lowest BCUT2D eigenvalue weighted by atomic mass is 9.33. The number of fused-ring (bicyclic) bond motifs is 7. The van der Waals surface area contributed by atoms with Gasteiger partial charge in [0.15, 0.2) is 12.6 Å². The second-order valence-electron chi connectivity index (χ2n) is 22.7. The van der Waals surface area contributed by atoms with Crippen LogP contribution in [-0.2, 0) is 33.2 Å². The van der Waals surface area contributed by atoms with Crippen LogP contribution in [0, 0.1) is 44.8 Å². The van der Waals surface area contributed by atoms with E-state index >= 15 is 0 Å². The Morgan fingerprint density at radius 1 is 0.697 bits per heavy atom. The predicted octanol–water partition coefficient (Wildman–Crippen LogP) is -1.13. The average Bonchev–Trinajstić information content (AvgIpc) is 3.27. The Morgan fingerprint density at radius 3 is 2.02 bits per heavy atom. The Bertz CT molecular complexity index is 1800. The van der Waals surface area contributed by atoms with Crippen molar-refractivity contribution >= 4 is 5.97 Å². The smallest absolute Gasteiger partial charge is 0.315 e. The van der Waals surface area contributed by atoms with E-state index in [9.17, 15) is 66.1 Å². The van der Waals surface area contributed by atoms with Gasteiger partial charge in [-0.2, -0.15) is 0 Å². The number of rotatable bonds is 9. The molecule has 0 amide bonds. The van der Waals surface area contributed by atoms with Crippen LogP contribution in [0.1, 0.15) is 106 Å². The third-order valence-corrected chi connectivity index (χ3v) is 19.1. The number of hydrogen-bond donors (Lipinski definition) is 12. The van der Waals surface area contributed by atoms with Crippen LogP contribution >= 0.6 is 0 Å². The second kappa shape index (κ2) is 18.0. The zero-order valence-electron chi connectivity index (χ0n) is 39.0. The van der Waals surface area contributed by atoms with Gasteiger partial charge in [-0.15, -0.1) is 0 Å². The van der Waals surface area contributed by atoms with Crippen LogP contribution in [0.25, 0.3) is 0 Å². The molecule has 0 bridgehead atoms. The van der Waals surface area contributed by atoms with Gasteiger partial charge >= 0.3 is 5.97 Å². The van der Waals surface area contributed by atoms with Gasteiger partial charge < -0.3 is 89.7 Å². The summed E-state index contributed by atoms with van der Waals surface area (Å²) in [6.07, 6.45) is -17.0. The van der Waals surface area contributed by atoms with Gasteiger partial charge in [0.05, 0.1) is 43.0 Å². The van der Waals surface area contributed by atoms with Crippen LogP contribution in [0.2, 0.25) is 0 Å². The summed E-state index contributed by atoms with van der Waals surface area (Å²) < 4.78 is 34.5. The number of aliphatic hydroxyl groups excluding tert-OH is 11. The number of carbonyl (C=O) groups is 1. The van der Waals surface area contributed by atoms with E-state index in [1.165, 1.54) is 6.92 Å². The molecule has 25 unspecified atom stereocenters. The summed E-state index contributed by atoms with van der Waals surface area (Å²) in [6, 6.07) is 0. The lowest BCUT2D eigenvalue weighted by Crippen LogP contribution is -2.66. The van der Waals surface area contributed by atoms with E-state index in [2.05, 4.69) is 26.8 Å². The molecule has 19 nitrogen and oxygen atoms in total. The van der Waals surface area contributed by atoms with Crippen molar-refractivity contribution in [3.63, 3.8) is 0 Å². The molecule has 3 saturated heterocycles. The number of hydrogen-bond acceptors (Lipinski definition) is 19. The molecule has 4 saturated carbocycles. The van der Waals surface area contributed by atoms with Crippen molar-refractivity contribution < 1.29 is 94.5 Å². The van der Waals surface area contributed by atoms with E-state index in [0.29, 0.717) is 32.1 Å². The summed E-state index contributed by atoms with van der Waals surface area (Å²) in [6.45, 7) is 10.7. The molecular formula is C47H76O19. The maximum absolute atomic E-state index is 14.9. The highest BCUT2D eigenvalue weighted by molar-refractivity contribution is 5.79. The molecule has 19 heteroatoms. The Hall–Kier alpha value is -1.47. The molecule has 8 rings (SSSR count). The average molecular weight is 945 g/mol. The standard InChI is InChI=1S/C47H76O19/c1-21-29(51)31(53)34(56)39(62-21)65-37-24(18-48)63-38(36(58)33(37)55)61-19-25-30(52)32(54)35(57)40(64-25)66-41(59)47-15-13-42(2,60)17-23(47)22-7-8-27-43(3)11-10-28(50)44(4,20-49)26(43)9-12-46(27,6)45(22,5)14-16-47/h7,21,23-40,48-58,60H,8-20H2,1-6H3. The number of esters is 1. The fourth-order valence-corrected chi connectivity index (χ4v) is 14.7. The van der Waals surface area contributed by atoms with E-state index in [0.717, 1.165) is 31.3 Å². The van der Waals surface area contributed by atoms with Gasteiger partial charge in [-0.1, -0.05) is 39.3 Å². The van der Waals surface area contributed by atoms with Crippen LogP contribution in [-0.4, -0.2) is 191 Å². The maximum atomic E-state index is 14.9. The van der Waals surface area contributed by atoms with Gasteiger partial charge in [-0.25, -0.2) is 0 Å². The summed E-state index contributed by atoms with van der Waals surface area (Å²) in [5.41, 5.74) is -2.43. The number of carbonyl (C=O) groups excluding carboxylic acids is 1. The Kier molecular flexibility index (Phi) is 13.9. The van der Waals surface area contributed by atoms with Gasteiger partial charge in [0, 0.05) is 5.41 Å². The summed E-state index contributed by atoms with van der Waals surface area (Å²) in [7, 11) is 0. The highest BCUT2D eigenvalue weighted by Crippen LogP contribution is 2.75. The number of aliphatic hydroxyl groups is 12. The molecule has 12 N–H and O–H groups in total. The van der Waals surface area contributed by atoms with E-state index in [-0.39, 0.29) is 41.1 Å². The second-order valence-corrected chi connectivity index (χ2v) is 22.7. The maximum Gasteiger partial charge on any atom is 0.315 e. The lowest BCUT2D eigenvalue weighted by Gasteiger charge is -2.71. The first kappa shape index (κ1) is 50.9. The molecule has 0 aromatic carbocycles. The van der Waals surface area contributed by atoms with E-state index in [1.807, 2.05) is 6.92 Å². The van der Waals surface area contributed by atoms with Crippen molar-refractivity contribution in [2.45, 2.75) is 210 Å². The molecule has 3 aliphatic heterocycles. The van der Waals surface area contributed by atoms with Crippen molar-refractivity contribution in [3.8, 4) is 0 Å². The van der Waals surface area contributed by atoms with Crippen molar-refractivity contribution in [1.29, 1.82) is 0 Å². The third kappa shape index (κ3) is 7.86. The van der Waals surface area contributed by atoms with Crippen molar-refractivity contribution in [1.82, 2.24) is 0 Å². The van der Waals surface area contributed by atoms with Crippen LogP contribution in [0.5, 0.6) is 0 Å². The van der Waals surface area contributed by atoms with Gasteiger partial charge in [-0.05, 0) is 112 Å². The monoisotopic (exact) mass is 944 g/mol. The molecule has 378 valence electrons. The zero-order valence-corrected chi connectivity index (χ0v) is 39.0. The molecular weight excluding hydrogens is 868 g/mol. The predicted molar refractivity (Wildman–Crippen MR) is 227 cm³/mol. The van der Waals surface area contributed by atoms with Crippen LogP contribution in [0.3, 0.4) is 0 Å². The Morgan fingerprint density at radius 2 is 1.33 bits per heavy atom. The van der Waals surface area contributed by atoms with Gasteiger partial charge in [0.2, 0.25) is 6.29 Å². The lowest BCUT2D eigenvalue weighted by molar-refractivity contribution is -0.361. The molecule has 5 aliphatic carbocycles. The zero-order chi connectivity index (χ0) is 48.3. The fourth-order valence-electron chi connectivity index (χ4n) is 14.7. The first-order valence-electron chi connectivity index (χ1n) is 24.1.